The molecule has 36 heavy (non-hydrogen) atoms. The molecule has 6 unspecified atom stereocenters. The monoisotopic (exact) mass is 473 g/mol. The number of fused-ring (bicyclic) bond motifs is 6. The van der Waals surface area contributed by atoms with Gasteiger partial charge in [0.05, 0.1) is 34.7 Å². The number of anilines is 3. The number of rotatable bonds is 2. The van der Waals surface area contributed by atoms with Gasteiger partial charge in [-0.3, -0.25) is 0 Å². The molecule has 2 aromatic carbocycles. The Morgan fingerprint density at radius 3 is 2.56 bits per heavy atom. The van der Waals surface area contributed by atoms with Crippen LogP contribution in [0.25, 0.3) is 0 Å². The molecule has 178 valence electrons. The smallest absolute Gasteiger partial charge is 0.115 e. The lowest BCUT2D eigenvalue weighted by Crippen LogP contribution is -2.39. The van der Waals surface area contributed by atoms with E-state index in [0.717, 1.165) is 41.2 Å². The topological polar surface area (TPSA) is 30.3 Å². The van der Waals surface area contributed by atoms with Gasteiger partial charge < -0.3 is 9.80 Å². The molecule has 0 aromatic heterocycles. The Morgan fingerprint density at radius 2 is 1.67 bits per heavy atom. The predicted molar refractivity (Wildman–Crippen MR) is 143 cm³/mol. The molecular formula is C32H28FN3. The number of hydrogen-bond acceptors (Lipinski definition) is 3. The molecule has 0 saturated carbocycles. The van der Waals surface area contributed by atoms with Gasteiger partial charge in [0.25, 0.3) is 0 Å². The number of alkyl halides is 1. The number of benzene rings is 2. The maximum absolute atomic E-state index is 15.7. The average molecular weight is 474 g/mol. The van der Waals surface area contributed by atoms with E-state index in [1.54, 1.807) is 0 Å². The molecule has 0 spiro atoms. The van der Waals surface area contributed by atoms with Crippen molar-refractivity contribution in [1.29, 1.82) is 5.26 Å². The van der Waals surface area contributed by atoms with Crippen LogP contribution in [0, 0.1) is 23.2 Å². The molecule has 1 saturated heterocycles. The summed E-state index contributed by atoms with van der Waals surface area (Å²) in [5.74, 6) is -0.0501. The van der Waals surface area contributed by atoms with Gasteiger partial charge in [0.15, 0.2) is 0 Å². The highest BCUT2D eigenvalue weighted by Gasteiger charge is 2.50. The zero-order chi connectivity index (χ0) is 24.4. The van der Waals surface area contributed by atoms with Gasteiger partial charge in [-0.05, 0) is 42.2 Å². The summed E-state index contributed by atoms with van der Waals surface area (Å²) in [6.45, 7) is 1.98. The van der Waals surface area contributed by atoms with Crippen LogP contribution < -0.4 is 9.80 Å². The van der Waals surface area contributed by atoms with Gasteiger partial charge in [-0.2, -0.15) is 5.26 Å². The lowest BCUT2D eigenvalue weighted by Gasteiger charge is -2.36. The molecule has 0 amide bonds. The van der Waals surface area contributed by atoms with Crippen LogP contribution in [-0.2, 0) is 0 Å². The fraction of sp³-hybridized carbons (Fsp3) is 0.281. The van der Waals surface area contributed by atoms with Gasteiger partial charge in [0.2, 0.25) is 0 Å². The van der Waals surface area contributed by atoms with Gasteiger partial charge in [-0.25, -0.2) is 4.39 Å². The van der Waals surface area contributed by atoms with Crippen LogP contribution in [0.1, 0.15) is 36.8 Å². The minimum absolute atomic E-state index is 0.0555. The Balaban J connectivity index is 1.47. The van der Waals surface area contributed by atoms with Gasteiger partial charge in [0.1, 0.15) is 12.2 Å². The lowest BCUT2D eigenvalue weighted by atomic mass is 9.79. The number of allylic oxidation sites excluding steroid dienone is 6. The molecule has 2 aliphatic heterocycles. The largest absolute Gasteiger partial charge is 0.332 e. The van der Waals surface area contributed by atoms with E-state index in [1.807, 2.05) is 31.2 Å². The van der Waals surface area contributed by atoms with Crippen LogP contribution in [-0.4, -0.2) is 18.3 Å². The van der Waals surface area contributed by atoms with Crippen molar-refractivity contribution in [2.45, 2.75) is 43.9 Å². The van der Waals surface area contributed by atoms with E-state index in [0.29, 0.717) is 5.56 Å². The first kappa shape index (κ1) is 21.4. The van der Waals surface area contributed by atoms with E-state index in [9.17, 15) is 5.26 Å². The highest BCUT2D eigenvalue weighted by Crippen LogP contribution is 2.57. The molecular weight excluding hydrogens is 445 g/mol. The maximum atomic E-state index is 15.7. The Morgan fingerprint density at radius 1 is 0.861 bits per heavy atom. The van der Waals surface area contributed by atoms with Crippen LogP contribution in [0.3, 0.4) is 0 Å². The quantitative estimate of drug-likeness (QED) is 0.431. The van der Waals surface area contributed by atoms with Crippen LogP contribution in [0.15, 0.2) is 102 Å². The van der Waals surface area contributed by atoms with Crippen LogP contribution in [0.2, 0.25) is 0 Å². The SMILES string of the molecule is CC1C=CC2C(C3=CCCC=C3N2c2cccc3c2N(c2ccccc2C#N)C2C=CC=CC32)C1F. The summed E-state index contributed by atoms with van der Waals surface area (Å²) < 4.78 is 15.7. The molecule has 0 N–H and O–H groups in total. The van der Waals surface area contributed by atoms with Gasteiger partial charge in [-0.15, -0.1) is 0 Å². The summed E-state index contributed by atoms with van der Waals surface area (Å²) in [5, 5.41) is 9.98. The Bertz CT molecular complexity index is 1440. The molecule has 3 aliphatic carbocycles. The first-order chi connectivity index (χ1) is 17.7. The number of hydrogen-bond donors (Lipinski definition) is 0. The minimum atomic E-state index is -0.904. The van der Waals surface area contributed by atoms with Crippen molar-refractivity contribution in [2.75, 3.05) is 9.80 Å². The number of halogens is 1. The van der Waals surface area contributed by atoms with E-state index < -0.39 is 6.17 Å². The second-order valence-corrected chi connectivity index (χ2v) is 10.4. The first-order valence-electron chi connectivity index (χ1n) is 13.0. The molecule has 7 rings (SSSR count). The van der Waals surface area contributed by atoms with Gasteiger partial charge in [0, 0.05) is 23.5 Å². The van der Waals surface area contributed by atoms with Crippen molar-refractivity contribution in [3.63, 3.8) is 0 Å². The molecule has 4 heteroatoms. The number of nitrogens with zero attached hydrogens (tertiary/aromatic N) is 3. The third-order valence-corrected chi connectivity index (χ3v) is 8.50. The first-order valence-corrected chi connectivity index (χ1v) is 13.0. The summed E-state index contributed by atoms with van der Waals surface area (Å²) in [6, 6.07) is 16.8. The standard InChI is InChI=1S/C32H28FN3/c1-20-17-18-28-30(31(20)33)24-11-4-7-15-27(24)35(28)29-16-8-12-23-22-10-3-6-14-26(22)36(32(23)29)25-13-5-2-9-21(25)19-34/h2-3,5-6,8-18,20,22,26,28,30-31H,4,7H2,1H3. The molecule has 5 aliphatic rings. The van der Waals surface area contributed by atoms with Crippen molar-refractivity contribution in [3.8, 4) is 6.07 Å². The predicted octanol–water partition coefficient (Wildman–Crippen LogP) is 7.24. The average Bonchev–Trinajstić information content (AvgIpc) is 3.44. The van der Waals surface area contributed by atoms with Crippen molar-refractivity contribution >= 4 is 17.1 Å². The Labute approximate surface area is 211 Å². The summed E-state index contributed by atoms with van der Waals surface area (Å²) in [6.07, 6.45) is 18.6. The van der Waals surface area contributed by atoms with Crippen molar-refractivity contribution in [1.82, 2.24) is 0 Å². The summed E-state index contributed by atoms with van der Waals surface area (Å²) in [5.41, 5.74) is 7.36. The fourth-order valence-corrected chi connectivity index (χ4v) is 6.92. The van der Waals surface area contributed by atoms with Crippen molar-refractivity contribution in [3.05, 3.63) is 113 Å². The molecule has 0 radical (unpaired) electrons. The van der Waals surface area contributed by atoms with Crippen molar-refractivity contribution < 1.29 is 4.39 Å². The molecule has 2 heterocycles. The number of para-hydroxylation sites is 2. The van der Waals surface area contributed by atoms with E-state index in [-0.39, 0.29) is 29.8 Å². The third-order valence-electron chi connectivity index (χ3n) is 8.50. The van der Waals surface area contributed by atoms with Crippen LogP contribution >= 0.6 is 0 Å². The molecule has 2 aromatic rings. The summed E-state index contributed by atoms with van der Waals surface area (Å²) in [4.78, 5) is 4.73. The van der Waals surface area contributed by atoms with Crippen LogP contribution in [0.4, 0.5) is 21.5 Å². The summed E-state index contributed by atoms with van der Waals surface area (Å²) >= 11 is 0. The van der Waals surface area contributed by atoms with E-state index >= 15 is 4.39 Å². The van der Waals surface area contributed by atoms with E-state index in [2.05, 4.69) is 82.7 Å². The zero-order valence-electron chi connectivity index (χ0n) is 20.3. The van der Waals surface area contributed by atoms with E-state index in [1.165, 1.54) is 5.56 Å². The molecule has 0 bridgehead atoms. The second-order valence-electron chi connectivity index (χ2n) is 10.4. The normalized spacial score (nSPS) is 31.2. The lowest BCUT2D eigenvalue weighted by molar-refractivity contribution is 0.194. The molecule has 6 atom stereocenters. The zero-order valence-corrected chi connectivity index (χ0v) is 20.3. The number of nitriles is 1. The fourth-order valence-electron chi connectivity index (χ4n) is 6.92. The van der Waals surface area contributed by atoms with Gasteiger partial charge >= 0.3 is 0 Å². The second kappa shape index (κ2) is 8.10. The highest BCUT2D eigenvalue weighted by molar-refractivity contribution is 5.89. The van der Waals surface area contributed by atoms with Crippen molar-refractivity contribution in [2.24, 2.45) is 11.8 Å². The third kappa shape index (κ3) is 2.89. The summed E-state index contributed by atoms with van der Waals surface area (Å²) in [7, 11) is 0. The molecule has 3 nitrogen and oxygen atoms in total. The Hall–Kier alpha value is -3.84. The van der Waals surface area contributed by atoms with E-state index in [4.69, 9.17) is 0 Å². The maximum Gasteiger partial charge on any atom is 0.115 e. The molecule has 1 fully saturated rings. The van der Waals surface area contributed by atoms with Gasteiger partial charge in [-0.1, -0.05) is 79.8 Å². The highest BCUT2D eigenvalue weighted by atomic mass is 19.1. The minimum Gasteiger partial charge on any atom is -0.332 e. The van der Waals surface area contributed by atoms with Crippen LogP contribution in [0.5, 0.6) is 0 Å². The Kier molecular flexibility index (Phi) is 4.82.